The summed E-state index contributed by atoms with van der Waals surface area (Å²) in [5.74, 6) is 0.793. The summed E-state index contributed by atoms with van der Waals surface area (Å²) >= 11 is 13.6. The number of thioether (sulfide) groups is 1. The average Bonchev–Trinajstić information content (AvgIpc) is 3.14. The Kier molecular flexibility index (Phi) is 6.12. The van der Waals surface area contributed by atoms with Gasteiger partial charge in [-0.15, -0.1) is 11.8 Å². The van der Waals surface area contributed by atoms with E-state index in [4.69, 9.17) is 23.2 Å². The van der Waals surface area contributed by atoms with Crippen molar-refractivity contribution in [3.05, 3.63) is 69.7 Å². The Labute approximate surface area is 166 Å². The fourth-order valence-electron chi connectivity index (χ4n) is 2.78. The lowest BCUT2D eigenvalue weighted by Crippen LogP contribution is -2.47. The van der Waals surface area contributed by atoms with Crippen LogP contribution in [0.2, 0.25) is 10.0 Å². The Hall–Kier alpha value is -1.69. The van der Waals surface area contributed by atoms with Gasteiger partial charge in [0.05, 0.1) is 22.0 Å². The fourth-order valence-corrected chi connectivity index (χ4v) is 4.24. The molecule has 0 aromatic heterocycles. The first-order chi connectivity index (χ1) is 12.5. The van der Waals surface area contributed by atoms with E-state index in [-0.39, 0.29) is 17.9 Å². The highest BCUT2D eigenvalue weighted by Crippen LogP contribution is 2.27. The van der Waals surface area contributed by atoms with Crippen LogP contribution in [0.1, 0.15) is 28.9 Å². The second kappa shape index (κ2) is 8.33. The van der Waals surface area contributed by atoms with Gasteiger partial charge in [-0.05, 0) is 36.8 Å². The molecule has 1 unspecified atom stereocenters. The van der Waals surface area contributed by atoms with Crippen molar-refractivity contribution in [2.45, 2.75) is 19.0 Å². The van der Waals surface area contributed by atoms with Crippen LogP contribution < -0.4 is 5.32 Å². The minimum absolute atomic E-state index is 0.127. The van der Waals surface area contributed by atoms with Gasteiger partial charge in [-0.25, -0.2) is 0 Å². The fraction of sp³-hybridized carbons (Fsp3) is 0.263. The Bertz CT molecular complexity index is 816. The van der Waals surface area contributed by atoms with Gasteiger partial charge in [0.25, 0.3) is 5.91 Å². The molecule has 0 saturated carbocycles. The molecule has 1 aliphatic heterocycles. The molecule has 1 heterocycles. The van der Waals surface area contributed by atoms with E-state index in [1.807, 2.05) is 31.2 Å². The van der Waals surface area contributed by atoms with Gasteiger partial charge in [-0.2, -0.15) is 0 Å². The Morgan fingerprint density at radius 3 is 2.58 bits per heavy atom. The molecule has 2 aromatic rings. The minimum Gasteiger partial charge on any atom is -0.348 e. The Balaban J connectivity index is 1.70. The van der Waals surface area contributed by atoms with E-state index >= 15 is 0 Å². The number of amides is 2. The molecule has 0 aliphatic carbocycles. The summed E-state index contributed by atoms with van der Waals surface area (Å²) in [6, 6.07) is 13.6. The SMILES string of the molecule is CC(NC(=O)[C@@H]1CSCN1C(=O)c1ccccc1)c1ccc(Cl)c(Cl)c1. The maximum Gasteiger partial charge on any atom is 0.255 e. The van der Waals surface area contributed by atoms with E-state index < -0.39 is 6.04 Å². The largest absolute Gasteiger partial charge is 0.348 e. The smallest absolute Gasteiger partial charge is 0.255 e. The maximum atomic E-state index is 12.7. The van der Waals surface area contributed by atoms with Crippen LogP contribution in [-0.4, -0.2) is 34.4 Å². The monoisotopic (exact) mass is 408 g/mol. The molecular weight excluding hydrogens is 391 g/mol. The van der Waals surface area contributed by atoms with E-state index in [1.54, 1.807) is 40.9 Å². The van der Waals surface area contributed by atoms with Crippen molar-refractivity contribution in [3.63, 3.8) is 0 Å². The average molecular weight is 409 g/mol. The highest BCUT2D eigenvalue weighted by atomic mass is 35.5. The predicted octanol–water partition coefficient (Wildman–Crippen LogP) is 4.39. The van der Waals surface area contributed by atoms with Gasteiger partial charge in [0, 0.05) is 11.3 Å². The van der Waals surface area contributed by atoms with Crippen LogP contribution in [0.5, 0.6) is 0 Å². The number of nitrogens with zero attached hydrogens (tertiary/aromatic N) is 1. The van der Waals surface area contributed by atoms with E-state index in [0.29, 0.717) is 27.2 Å². The second-order valence-electron chi connectivity index (χ2n) is 6.06. The van der Waals surface area contributed by atoms with Crippen LogP contribution >= 0.6 is 35.0 Å². The molecule has 0 radical (unpaired) electrons. The summed E-state index contributed by atoms with van der Waals surface area (Å²) in [7, 11) is 0. The first kappa shape index (κ1) is 19.1. The number of benzene rings is 2. The van der Waals surface area contributed by atoms with Crippen LogP contribution in [-0.2, 0) is 4.79 Å². The zero-order valence-electron chi connectivity index (χ0n) is 14.1. The molecule has 0 spiro atoms. The van der Waals surface area contributed by atoms with Gasteiger partial charge >= 0.3 is 0 Å². The number of nitrogens with one attached hydrogen (secondary N) is 1. The molecular formula is C19H18Cl2N2O2S. The lowest BCUT2D eigenvalue weighted by Gasteiger charge is -2.25. The highest BCUT2D eigenvalue weighted by molar-refractivity contribution is 7.99. The van der Waals surface area contributed by atoms with Crippen molar-refractivity contribution in [2.24, 2.45) is 0 Å². The second-order valence-corrected chi connectivity index (χ2v) is 7.87. The van der Waals surface area contributed by atoms with Gasteiger partial charge < -0.3 is 10.2 Å². The highest BCUT2D eigenvalue weighted by Gasteiger charge is 2.35. The summed E-state index contributed by atoms with van der Waals surface area (Å²) < 4.78 is 0. The van der Waals surface area contributed by atoms with E-state index in [1.165, 1.54) is 0 Å². The first-order valence-corrected chi connectivity index (χ1v) is 10.1. The molecule has 1 fully saturated rings. The summed E-state index contributed by atoms with van der Waals surface area (Å²) in [5, 5.41) is 3.89. The molecule has 2 aromatic carbocycles. The number of rotatable bonds is 4. The quantitative estimate of drug-likeness (QED) is 0.815. The maximum absolute atomic E-state index is 12.7. The standard InChI is InChI=1S/C19H18Cl2N2O2S/c1-12(14-7-8-15(20)16(21)9-14)22-18(24)17-10-26-11-23(17)19(25)13-5-3-2-4-6-13/h2-9,12,17H,10-11H2,1H3,(H,22,24)/t12?,17-/m0/s1. The lowest BCUT2D eigenvalue weighted by molar-refractivity contribution is -0.125. The number of halogens is 2. The number of carbonyl (C=O) groups excluding carboxylic acids is 2. The first-order valence-electron chi connectivity index (χ1n) is 8.16. The van der Waals surface area contributed by atoms with E-state index in [9.17, 15) is 9.59 Å². The molecule has 2 atom stereocenters. The molecule has 3 rings (SSSR count). The normalized spacial score (nSPS) is 17.8. The predicted molar refractivity (Wildman–Crippen MR) is 107 cm³/mol. The number of hydrogen-bond donors (Lipinski definition) is 1. The van der Waals surface area contributed by atoms with Crippen molar-refractivity contribution >= 4 is 46.8 Å². The lowest BCUT2D eigenvalue weighted by atomic mass is 10.1. The molecule has 2 amide bonds. The van der Waals surface area contributed by atoms with Gasteiger partial charge in [0.2, 0.25) is 5.91 Å². The van der Waals surface area contributed by atoms with Crippen molar-refractivity contribution in [2.75, 3.05) is 11.6 Å². The van der Waals surface area contributed by atoms with Crippen molar-refractivity contribution in [3.8, 4) is 0 Å². The van der Waals surface area contributed by atoms with Gasteiger partial charge in [0.15, 0.2) is 0 Å². The third kappa shape index (κ3) is 4.17. The van der Waals surface area contributed by atoms with Crippen LogP contribution in [0.25, 0.3) is 0 Å². The van der Waals surface area contributed by atoms with E-state index in [0.717, 1.165) is 5.56 Å². The van der Waals surface area contributed by atoms with Crippen molar-refractivity contribution in [1.29, 1.82) is 0 Å². The third-order valence-corrected chi connectivity index (χ3v) is 6.02. The summed E-state index contributed by atoms with van der Waals surface area (Å²) in [6.07, 6.45) is 0. The van der Waals surface area contributed by atoms with Crippen LogP contribution in [0.4, 0.5) is 0 Å². The molecule has 1 saturated heterocycles. The van der Waals surface area contributed by atoms with Crippen molar-refractivity contribution in [1.82, 2.24) is 10.2 Å². The summed E-state index contributed by atoms with van der Waals surface area (Å²) in [5.41, 5.74) is 1.45. The molecule has 1 N–H and O–H groups in total. The molecule has 4 nitrogen and oxygen atoms in total. The third-order valence-electron chi connectivity index (χ3n) is 4.27. The molecule has 7 heteroatoms. The van der Waals surface area contributed by atoms with E-state index in [2.05, 4.69) is 5.32 Å². The Morgan fingerprint density at radius 2 is 1.88 bits per heavy atom. The van der Waals surface area contributed by atoms with Gasteiger partial charge in [-0.3, -0.25) is 9.59 Å². The van der Waals surface area contributed by atoms with Crippen molar-refractivity contribution < 1.29 is 9.59 Å². The Morgan fingerprint density at radius 1 is 1.15 bits per heavy atom. The number of hydrogen-bond acceptors (Lipinski definition) is 3. The topological polar surface area (TPSA) is 49.4 Å². The number of carbonyl (C=O) groups is 2. The van der Waals surface area contributed by atoms with Crippen LogP contribution in [0.15, 0.2) is 48.5 Å². The zero-order chi connectivity index (χ0) is 18.7. The minimum atomic E-state index is -0.488. The van der Waals surface area contributed by atoms with Gasteiger partial charge in [-0.1, -0.05) is 47.5 Å². The summed E-state index contributed by atoms with van der Waals surface area (Å²) in [6.45, 7) is 1.88. The molecule has 26 heavy (non-hydrogen) atoms. The molecule has 136 valence electrons. The molecule has 0 bridgehead atoms. The molecule has 1 aliphatic rings. The van der Waals surface area contributed by atoms with Crippen LogP contribution in [0.3, 0.4) is 0 Å². The van der Waals surface area contributed by atoms with Gasteiger partial charge in [0.1, 0.15) is 6.04 Å². The summed E-state index contributed by atoms with van der Waals surface area (Å²) in [4.78, 5) is 27.1. The zero-order valence-corrected chi connectivity index (χ0v) is 16.4. The van der Waals surface area contributed by atoms with Crippen LogP contribution in [0, 0.1) is 0 Å².